The molecule has 2 aliphatic rings. The maximum atomic E-state index is 9.32. The van der Waals surface area contributed by atoms with Crippen LogP contribution in [0.25, 0.3) is 0 Å². The second-order valence-electron chi connectivity index (χ2n) is 6.16. The number of nitriles is 1. The van der Waals surface area contributed by atoms with Crippen LogP contribution in [0.3, 0.4) is 0 Å². The van der Waals surface area contributed by atoms with E-state index in [0.29, 0.717) is 18.5 Å². The first-order chi connectivity index (χ1) is 10.2. The summed E-state index contributed by atoms with van der Waals surface area (Å²) in [5.41, 5.74) is 1.24. The van der Waals surface area contributed by atoms with E-state index >= 15 is 0 Å². The fourth-order valence-electron chi connectivity index (χ4n) is 3.61. The lowest BCUT2D eigenvalue weighted by atomic mass is 9.67. The lowest BCUT2D eigenvalue weighted by Gasteiger charge is -2.48. The first-order valence-corrected chi connectivity index (χ1v) is 7.49. The van der Waals surface area contributed by atoms with Crippen LogP contribution < -0.4 is 5.46 Å². The average Bonchev–Trinajstić information content (AvgIpc) is 2.49. The summed E-state index contributed by atoms with van der Waals surface area (Å²) in [5, 5.41) is 9.32. The van der Waals surface area contributed by atoms with E-state index in [4.69, 9.17) is 17.3 Å². The van der Waals surface area contributed by atoms with Gasteiger partial charge in [0.2, 0.25) is 0 Å². The highest BCUT2D eigenvalue weighted by Crippen LogP contribution is 2.46. The molecular weight excluding hydrogens is 263 g/mol. The highest BCUT2D eigenvalue weighted by Gasteiger charge is 2.48. The maximum Gasteiger partial charge on any atom is 0.115 e. The van der Waals surface area contributed by atoms with Gasteiger partial charge in [-0.3, -0.25) is 4.98 Å². The van der Waals surface area contributed by atoms with Crippen molar-refractivity contribution in [3.63, 3.8) is 0 Å². The Morgan fingerprint density at radius 3 is 2.71 bits per heavy atom. The van der Waals surface area contributed by atoms with Crippen molar-refractivity contribution in [3.8, 4) is 6.07 Å². The molecule has 0 saturated carbocycles. The molecule has 1 unspecified atom stereocenters. The van der Waals surface area contributed by atoms with Crippen LogP contribution in [0.4, 0.5) is 0 Å². The molecule has 1 aromatic rings. The van der Waals surface area contributed by atoms with Crippen LogP contribution in [-0.4, -0.2) is 38.3 Å². The SMILES string of the molecule is [B]c1ccc(C2(CC#N)CCOC3(CCOCC3)C2)nc1. The molecule has 0 aliphatic carbocycles. The van der Waals surface area contributed by atoms with Crippen LogP contribution >= 0.6 is 0 Å². The number of aromatic nitrogens is 1. The van der Waals surface area contributed by atoms with E-state index in [1.165, 1.54) is 0 Å². The van der Waals surface area contributed by atoms with E-state index in [2.05, 4.69) is 11.1 Å². The molecule has 108 valence electrons. The highest BCUT2D eigenvalue weighted by molar-refractivity contribution is 6.32. The molecule has 2 saturated heterocycles. The first kappa shape index (κ1) is 14.6. The van der Waals surface area contributed by atoms with Crippen molar-refractivity contribution >= 4 is 13.3 Å². The summed E-state index contributed by atoms with van der Waals surface area (Å²) in [5.74, 6) is 0. The Morgan fingerprint density at radius 1 is 1.24 bits per heavy atom. The van der Waals surface area contributed by atoms with E-state index < -0.39 is 0 Å². The fraction of sp³-hybridized carbons (Fsp3) is 0.625. The Kier molecular flexibility index (Phi) is 4.01. The van der Waals surface area contributed by atoms with Crippen molar-refractivity contribution < 1.29 is 9.47 Å². The third-order valence-electron chi connectivity index (χ3n) is 4.80. The van der Waals surface area contributed by atoms with Gasteiger partial charge in [0.05, 0.1) is 11.7 Å². The van der Waals surface area contributed by atoms with Gasteiger partial charge in [-0.2, -0.15) is 5.26 Å². The molecule has 0 bridgehead atoms. The molecule has 3 heterocycles. The van der Waals surface area contributed by atoms with Gasteiger partial charge in [-0.15, -0.1) is 0 Å². The van der Waals surface area contributed by atoms with Gasteiger partial charge in [0, 0.05) is 43.5 Å². The van der Waals surface area contributed by atoms with Gasteiger partial charge in [-0.05, 0) is 31.7 Å². The van der Waals surface area contributed by atoms with Gasteiger partial charge in [0.25, 0.3) is 0 Å². The summed E-state index contributed by atoms with van der Waals surface area (Å²) in [6.45, 7) is 2.14. The largest absolute Gasteiger partial charge is 0.381 e. The zero-order chi connectivity index (χ0) is 14.8. The van der Waals surface area contributed by atoms with E-state index in [1.54, 1.807) is 6.20 Å². The smallest absolute Gasteiger partial charge is 0.115 e. The molecule has 2 radical (unpaired) electrons. The number of pyridine rings is 1. The molecule has 21 heavy (non-hydrogen) atoms. The predicted molar refractivity (Wildman–Crippen MR) is 79.5 cm³/mol. The van der Waals surface area contributed by atoms with Crippen molar-refractivity contribution in [1.82, 2.24) is 4.98 Å². The van der Waals surface area contributed by atoms with Crippen molar-refractivity contribution in [2.75, 3.05) is 19.8 Å². The van der Waals surface area contributed by atoms with Crippen LogP contribution in [0, 0.1) is 11.3 Å². The Morgan fingerprint density at radius 2 is 2.05 bits per heavy atom. The Hall–Kier alpha value is -1.38. The number of hydrogen-bond donors (Lipinski definition) is 0. The van der Waals surface area contributed by atoms with Crippen molar-refractivity contribution in [2.24, 2.45) is 0 Å². The molecular formula is C16H19BN2O2. The first-order valence-electron chi connectivity index (χ1n) is 7.49. The van der Waals surface area contributed by atoms with Crippen molar-refractivity contribution in [2.45, 2.75) is 43.1 Å². The van der Waals surface area contributed by atoms with Gasteiger partial charge in [-0.1, -0.05) is 11.5 Å². The third-order valence-corrected chi connectivity index (χ3v) is 4.80. The molecule has 3 rings (SSSR count). The van der Waals surface area contributed by atoms with Crippen molar-refractivity contribution in [3.05, 3.63) is 24.0 Å². The van der Waals surface area contributed by atoms with Gasteiger partial charge in [0.15, 0.2) is 0 Å². The van der Waals surface area contributed by atoms with Gasteiger partial charge >= 0.3 is 0 Å². The normalized spacial score (nSPS) is 28.1. The minimum atomic E-state index is -0.224. The molecule has 4 nitrogen and oxygen atoms in total. The summed E-state index contributed by atoms with van der Waals surface area (Å²) in [6, 6.07) is 6.19. The predicted octanol–water partition coefficient (Wildman–Crippen LogP) is 1.39. The number of rotatable bonds is 2. The molecule has 0 N–H and O–H groups in total. The Bertz CT molecular complexity index is 529. The van der Waals surface area contributed by atoms with Crippen LogP contribution in [0.1, 0.15) is 37.8 Å². The molecule has 2 aliphatic heterocycles. The summed E-state index contributed by atoms with van der Waals surface area (Å²) >= 11 is 0. The molecule has 1 aromatic heterocycles. The van der Waals surface area contributed by atoms with Crippen LogP contribution in [0.5, 0.6) is 0 Å². The molecule has 0 aromatic carbocycles. The summed E-state index contributed by atoms with van der Waals surface area (Å²) in [7, 11) is 5.74. The molecule has 5 heteroatoms. The zero-order valence-corrected chi connectivity index (χ0v) is 12.2. The number of hydrogen-bond acceptors (Lipinski definition) is 4. The number of nitrogens with zero attached hydrogens (tertiary/aromatic N) is 2. The Labute approximate surface area is 126 Å². The Balaban J connectivity index is 1.93. The lowest BCUT2D eigenvalue weighted by Crippen LogP contribution is -2.50. The molecule has 1 atom stereocenters. The molecule has 1 spiro atoms. The van der Waals surface area contributed by atoms with E-state index in [1.807, 2.05) is 12.1 Å². The molecule has 0 amide bonds. The standard InChI is InChI=1S/C16H19BN2O2/c17-13-1-2-14(19-11-13)15(3-7-18)4-10-21-16(12-15)5-8-20-9-6-16/h1-2,11H,3-6,8-10,12H2. The van der Waals surface area contributed by atoms with Gasteiger partial charge in [-0.25, -0.2) is 0 Å². The summed E-state index contributed by atoms with van der Waals surface area (Å²) in [4.78, 5) is 4.51. The lowest BCUT2D eigenvalue weighted by molar-refractivity contribution is -0.153. The molecule has 2 fully saturated rings. The average molecular weight is 282 g/mol. The van der Waals surface area contributed by atoms with Crippen molar-refractivity contribution in [1.29, 1.82) is 5.26 Å². The van der Waals surface area contributed by atoms with E-state index in [-0.39, 0.29) is 11.0 Å². The third kappa shape index (κ3) is 2.83. The number of ether oxygens (including phenoxy) is 2. The maximum absolute atomic E-state index is 9.32. The zero-order valence-electron chi connectivity index (χ0n) is 12.2. The highest BCUT2D eigenvalue weighted by atomic mass is 16.5. The quantitative estimate of drug-likeness (QED) is 0.769. The second kappa shape index (κ2) is 5.78. The van der Waals surface area contributed by atoms with Crippen LogP contribution in [-0.2, 0) is 14.9 Å². The van der Waals surface area contributed by atoms with E-state index in [0.717, 1.165) is 44.6 Å². The van der Waals surface area contributed by atoms with Crippen LogP contribution in [0.15, 0.2) is 18.3 Å². The van der Waals surface area contributed by atoms with Gasteiger partial charge in [0.1, 0.15) is 7.85 Å². The summed E-state index contributed by atoms with van der Waals surface area (Å²) in [6.07, 6.45) is 5.62. The summed E-state index contributed by atoms with van der Waals surface area (Å²) < 4.78 is 11.6. The monoisotopic (exact) mass is 282 g/mol. The fourth-order valence-corrected chi connectivity index (χ4v) is 3.61. The minimum Gasteiger partial charge on any atom is -0.381 e. The topological polar surface area (TPSA) is 55.1 Å². The van der Waals surface area contributed by atoms with E-state index in [9.17, 15) is 5.26 Å². The van der Waals surface area contributed by atoms with Gasteiger partial charge < -0.3 is 9.47 Å². The minimum absolute atomic E-state index is 0.156. The van der Waals surface area contributed by atoms with Crippen LogP contribution in [0.2, 0.25) is 0 Å². The second-order valence-corrected chi connectivity index (χ2v) is 6.16.